The Bertz CT molecular complexity index is 240. The number of pyridine rings is 1. The molecule has 1 heterocycles. The Morgan fingerprint density at radius 2 is 2.27 bits per heavy atom. The van der Waals surface area contributed by atoms with E-state index in [0.29, 0.717) is 0 Å². The van der Waals surface area contributed by atoms with Crippen LogP contribution in [0.5, 0.6) is 5.75 Å². The van der Waals surface area contributed by atoms with E-state index in [1.807, 2.05) is 0 Å². The van der Waals surface area contributed by atoms with Gasteiger partial charge in [0.1, 0.15) is 11.4 Å². The van der Waals surface area contributed by atoms with Crippen molar-refractivity contribution in [3.63, 3.8) is 0 Å². The van der Waals surface area contributed by atoms with Crippen LogP contribution in [0.1, 0.15) is 12.1 Å². The Hall–Kier alpha value is -1.19. The number of hydrogen-bond acceptors (Lipinski definition) is 2. The molecule has 0 fully saturated rings. The quantitative estimate of drug-likeness (QED) is 0.658. The van der Waals surface area contributed by atoms with E-state index in [-0.39, 0.29) is 11.4 Å². The molecule has 0 saturated heterocycles. The van der Waals surface area contributed by atoms with Crippen molar-refractivity contribution in [1.82, 2.24) is 4.98 Å². The van der Waals surface area contributed by atoms with Gasteiger partial charge in [-0.15, -0.1) is 0 Å². The van der Waals surface area contributed by atoms with Crippen molar-refractivity contribution < 1.29 is 13.5 Å². The fraction of sp³-hybridized carbons (Fsp3) is 0.286. The third-order valence-corrected chi connectivity index (χ3v) is 1.23. The highest BCUT2D eigenvalue weighted by Crippen LogP contribution is 2.25. The van der Waals surface area contributed by atoms with Crippen LogP contribution in [0.4, 0.5) is 8.78 Å². The van der Waals surface area contributed by atoms with Crippen LogP contribution in [-0.4, -0.2) is 12.1 Å². The van der Waals surface area contributed by atoms with Crippen molar-refractivity contribution in [2.75, 3.05) is 7.11 Å². The lowest BCUT2D eigenvalue weighted by Gasteiger charge is -2.04. The van der Waals surface area contributed by atoms with Crippen molar-refractivity contribution in [3.05, 3.63) is 24.0 Å². The molecule has 0 aliphatic heterocycles. The Morgan fingerprint density at radius 3 is 2.73 bits per heavy atom. The van der Waals surface area contributed by atoms with E-state index >= 15 is 0 Å². The van der Waals surface area contributed by atoms with Crippen LogP contribution >= 0.6 is 0 Å². The van der Waals surface area contributed by atoms with E-state index in [4.69, 9.17) is 0 Å². The second-order valence-corrected chi connectivity index (χ2v) is 1.89. The van der Waals surface area contributed by atoms with Gasteiger partial charge in [-0.3, -0.25) is 4.98 Å². The Kier molecular flexibility index (Phi) is 2.36. The summed E-state index contributed by atoms with van der Waals surface area (Å²) in [6.07, 6.45) is -1.27. The smallest absolute Gasteiger partial charge is 0.284 e. The second-order valence-electron chi connectivity index (χ2n) is 1.89. The van der Waals surface area contributed by atoms with Crippen LogP contribution in [0.3, 0.4) is 0 Å². The first-order valence-corrected chi connectivity index (χ1v) is 3.02. The Morgan fingerprint density at radius 1 is 1.55 bits per heavy atom. The number of alkyl halides is 2. The van der Waals surface area contributed by atoms with Gasteiger partial charge >= 0.3 is 0 Å². The molecular weight excluding hydrogens is 152 g/mol. The molecule has 0 aliphatic carbocycles. The molecule has 0 unspecified atom stereocenters. The normalized spacial score (nSPS) is 10.2. The summed E-state index contributed by atoms with van der Waals surface area (Å²) in [7, 11) is 1.34. The lowest BCUT2D eigenvalue weighted by Crippen LogP contribution is -1.94. The molecule has 4 heteroatoms. The number of hydrogen-bond donors (Lipinski definition) is 0. The molecule has 0 atom stereocenters. The number of aromatic nitrogens is 1. The zero-order chi connectivity index (χ0) is 8.27. The fourth-order valence-corrected chi connectivity index (χ4v) is 0.739. The zero-order valence-electron chi connectivity index (χ0n) is 5.92. The van der Waals surface area contributed by atoms with Crippen LogP contribution in [-0.2, 0) is 0 Å². The maximum Gasteiger partial charge on any atom is 0.284 e. The minimum absolute atomic E-state index is 0.127. The lowest BCUT2D eigenvalue weighted by molar-refractivity contribution is 0.141. The van der Waals surface area contributed by atoms with Crippen LogP contribution in [0.25, 0.3) is 0 Å². The highest BCUT2D eigenvalue weighted by Gasteiger charge is 2.13. The van der Waals surface area contributed by atoms with Gasteiger partial charge in [0.2, 0.25) is 0 Å². The van der Waals surface area contributed by atoms with Gasteiger partial charge in [0.05, 0.1) is 7.11 Å². The summed E-state index contributed by atoms with van der Waals surface area (Å²) in [4.78, 5) is 3.47. The average molecular weight is 159 g/mol. The second kappa shape index (κ2) is 3.27. The van der Waals surface area contributed by atoms with E-state index in [1.165, 1.54) is 19.4 Å². The van der Waals surface area contributed by atoms with E-state index in [0.717, 1.165) is 0 Å². The molecule has 1 rings (SSSR count). The summed E-state index contributed by atoms with van der Waals surface area (Å²) in [5, 5.41) is 0. The molecule has 0 aliphatic rings. The van der Waals surface area contributed by atoms with Gasteiger partial charge in [-0.25, -0.2) is 8.78 Å². The SMILES string of the molecule is COc1cccnc1C(F)F. The van der Waals surface area contributed by atoms with Crippen LogP contribution < -0.4 is 4.74 Å². The predicted octanol–water partition coefficient (Wildman–Crippen LogP) is 2.03. The first-order chi connectivity index (χ1) is 5.25. The van der Waals surface area contributed by atoms with Gasteiger partial charge in [0, 0.05) is 6.20 Å². The summed E-state index contributed by atoms with van der Waals surface area (Å²) in [5.41, 5.74) is -0.310. The van der Waals surface area contributed by atoms with Gasteiger partial charge in [-0.2, -0.15) is 0 Å². The highest BCUT2D eigenvalue weighted by molar-refractivity contribution is 5.27. The molecule has 60 valence electrons. The molecule has 0 spiro atoms. The third-order valence-electron chi connectivity index (χ3n) is 1.23. The molecule has 1 aromatic rings. The standard InChI is InChI=1S/C7H7F2NO/c1-11-5-3-2-4-10-6(5)7(8)9/h2-4,7H,1H3. The molecule has 0 bridgehead atoms. The summed E-state index contributed by atoms with van der Waals surface area (Å²) in [6.45, 7) is 0. The van der Waals surface area contributed by atoms with Crippen LogP contribution in [0, 0.1) is 0 Å². The van der Waals surface area contributed by atoms with Crippen molar-refractivity contribution in [2.24, 2.45) is 0 Å². The largest absolute Gasteiger partial charge is 0.495 e. The van der Waals surface area contributed by atoms with Gasteiger partial charge < -0.3 is 4.74 Å². The molecule has 0 saturated carbocycles. The zero-order valence-corrected chi connectivity index (χ0v) is 5.92. The topological polar surface area (TPSA) is 22.1 Å². The van der Waals surface area contributed by atoms with Gasteiger partial charge in [-0.05, 0) is 12.1 Å². The van der Waals surface area contributed by atoms with Crippen LogP contribution in [0.15, 0.2) is 18.3 Å². The predicted molar refractivity (Wildman–Crippen MR) is 35.7 cm³/mol. The molecule has 0 N–H and O–H groups in total. The van der Waals surface area contributed by atoms with Gasteiger partial charge in [0.15, 0.2) is 0 Å². The molecule has 1 aromatic heterocycles. The van der Waals surface area contributed by atoms with Gasteiger partial charge in [-0.1, -0.05) is 0 Å². The average Bonchev–Trinajstić information content (AvgIpc) is 2.04. The minimum Gasteiger partial charge on any atom is -0.495 e. The number of ether oxygens (including phenoxy) is 1. The van der Waals surface area contributed by atoms with Crippen molar-refractivity contribution in [3.8, 4) is 5.75 Å². The summed E-state index contributed by atoms with van der Waals surface area (Å²) in [6, 6.07) is 3.00. The molecule has 0 radical (unpaired) electrons. The van der Waals surface area contributed by atoms with Crippen molar-refractivity contribution >= 4 is 0 Å². The summed E-state index contributed by atoms with van der Waals surface area (Å²) in [5.74, 6) is 0.127. The Balaban J connectivity index is 3.02. The minimum atomic E-state index is -2.58. The monoisotopic (exact) mass is 159 g/mol. The number of halogens is 2. The number of nitrogens with zero attached hydrogens (tertiary/aromatic N) is 1. The molecule has 0 aromatic carbocycles. The first-order valence-electron chi connectivity index (χ1n) is 3.02. The number of methoxy groups -OCH3 is 1. The van der Waals surface area contributed by atoms with E-state index in [9.17, 15) is 8.78 Å². The van der Waals surface area contributed by atoms with E-state index in [1.54, 1.807) is 6.07 Å². The fourth-order valence-electron chi connectivity index (χ4n) is 0.739. The third kappa shape index (κ3) is 1.63. The Labute approximate surface area is 62.8 Å². The molecule has 2 nitrogen and oxygen atoms in total. The highest BCUT2D eigenvalue weighted by atomic mass is 19.3. The molecule has 11 heavy (non-hydrogen) atoms. The van der Waals surface area contributed by atoms with Gasteiger partial charge in [0.25, 0.3) is 6.43 Å². The first kappa shape index (κ1) is 7.91. The van der Waals surface area contributed by atoms with Crippen molar-refractivity contribution in [2.45, 2.75) is 6.43 Å². The lowest BCUT2D eigenvalue weighted by atomic mass is 10.3. The van der Waals surface area contributed by atoms with Crippen molar-refractivity contribution in [1.29, 1.82) is 0 Å². The maximum atomic E-state index is 12.1. The van der Waals surface area contributed by atoms with E-state index < -0.39 is 6.43 Å². The number of rotatable bonds is 2. The summed E-state index contributed by atoms with van der Waals surface area (Å²) < 4.78 is 28.8. The molecular formula is C7H7F2NO. The molecule has 0 amide bonds. The summed E-state index contributed by atoms with van der Waals surface area (Å²) >= 11 is 0. The van der Waals surface area contributed by atoms with E-state index in [2.05, 4.69) is 9.72 Å². The van der Waals surface area contributed by atoms with Crippen LogP contribution in [0.2, 0.25) is 0 Å². The maximum absolute atomic E-state index is 12.1.